The van der Waals surface area contributed by atoms with Crippen molar-refractivity contribution in [2.45, 2.75) is 24.2 Å². The van der Waals surface area contributed by atoms with Crippen LogP contribution >= 0.6 is 23.4 Å². The zero-order valence-electron chi connectivity index (χ0n) is 16.8. The predicted molar refractivity (Wildman–Crippen MR) is 125 cm³/mol. The van der Waals surface area contributed by atoms with Gasteiger partial charge in [0.1, 0.15) is 0 Å². The van der Waals surface area contributed by atoms with Gasteiger partial charge in [-0.05, 0) is 61.4 Å². The van der Waals surface area contributed by atoms with E-state index in [4.69, 9.17) is 11.6 Å². The van der Waals surface area contributed by atoms with Gasteiger partial charge in [-0.3, -0.25) is 9.59 Å². The fraction of sp³-hybridized carbons (Fsp3) is 0.333. The molecule has 0 radical (unpaired) electrons. The van der Waals surface area contributed by atoms with Crippen molar-refractivity contribution < 1.29 is 18.0 Å². The molecular formula is C21H24ClN3O4S2. The maximum absolute atomic E-state index is 12.7. The molecule has 0 bridgehead atoms. The van der Waals surface area contributed by atoms with Gasteiger partial charge in [0.05, 0.1) is 16.4 Å². The molecule has 0 spiro atoms. The first-order valence-electron chi connectivity index (χ1n) is 9.88. The summed E-state index contributed by atoms with van der Waals surface area (Å²) >= 11 is 6.99. The second-order valence-corrected chi connectivity index (χ2v) is 10.4. The van der Waals surface area contributed by atoms with Gasteiger partial charge in [0.2, 0.25) is 21.8 Å². The molecule has 2 aromatic carbocycles. The van der Waals surface area contributed by atoms with E-state index in [2.05, 4.69) is 10.6 Å². The Bertz CT molecular complexity index is 1010. The van der Waals surface area contributed by atoms with Crippen molar-refractivity contribution in [2.24, 2.45) is 0 Å². The fourth-order valence-electron chi connectivity index (χ4n) is 3.13. The summed E-state index contributed by atoms with van der Waals surface area (Å²) in [5.74, 6) is -0.256. The molecule has 1 heterocycles. The van der Waals surface area contributed by atoms with E-state index in [1.807, 2.05) is 0 Å². The van der Waals surface area contributed by atoms with Crippen LogP contribution < -0.4 is 10.6 Å². The maximum atomic E-state index is 12.7. The highest BCUT2D eigenvalue weighted by molar-refractivity contribution is 8.00. The number of nitrogens with zero attached hydrogens (tertiary/aromatic N) is 1. The Morgan fingerprint density at radius 2 is 1.32 bits per heavy atom. The minimum absolute atomic E-state index is 0.0991. The number of hydrogen-bond donors (Lipinski definition) is 2. The molecule has 10 heteroatoms. The number of thioether (sulfide) groups is 1. The highest BCUT2D eigenvalue weighted by Crippen LogP contribution is 2.22. The molecule has 2 amide bonds. The Morgan fingerprint density at radius 3 is 1.84 bits per heavy atom. The number of piperidine rings is 1. The van der Waals surface area contributed by atoms with Crippen LogP contribution in [-0.2, 0) is 19.6 Å². The molecule has 0 atom stereocenters. The van der Waals surface area contributed by atoms with Crippen LogP contribution in [-0.4, -0.2) is 49.1 Å². The first-order valence-corrected chi connectivity index (χ1v) is 12.8. The average Bonchev–Trinajstić information content (AvgIpc) is 2.76. The molecule has 0 saturated carbocycles. The van der Waals surface area contributed by atoms with E-state index in [-0.39, 0.29) is 28.2 Å². The minimum Gasteiger partial charge on any atom is -0.325 e. The van der Waals surface area contributed by atoms with Gasteiger partial charge in [0.25, 0.3) is 0 Å². The molecular weight excluding hydrogens is 458 g/mol. The van der Waals surface area contributed by atoms with Crippen molar-refractivity contribution in [3.63, 3.8) is 0 Å². The topological polar surface area (TPSA) is 95.6 Å². The summed E-state index contributed by atoms with van der Waals surface area (Å²) in [6.45, 7) is 1.09. The fourth-order valence-corrected chi connectivity index (χ4v) is 5.39. The summed E-state index contributed by atoms with van der Waals surface area (Å²) in [6, 6.07) is 12.9. The molecule has 7 nitrogen and oxygen atoms in total. The lowest BCUT2D eigenvalue weighted by atomic mass is 10.2. The van der Waals surface area contributed by atoms with Crippen molar-refractivity contribution >= 4 is 56.6 Å². The highest BCUT2D eigenvalue weighted by Gasteiger charge is 2.25. The number of carbonyl (C=O) groups excluding carboxylic acids is 2. The third-order valence-electron chi connectivity index (χ3n) is 4.69. The van der Waals surface area contributed by atoms with Crippen LogP contribution in [0.2, 0.25) is 5.02 Å². The summed E-state index contributed by atoms with van der Waals surface area (Å²) in [6.07, 6.45) is 2.81. The van der Waals surface area contributed by atoms with E-state index in [9.17, 15) is 18.0 Å². The van der Waals surface area contributed by atoms with E-state index < -0.39 is 10.0 Å². The van der Waals surface area contributed by atoms with Crippen LogP contribution in [0.4, 0.5) is 11.4 Å². The maximum Gasteiger partial charge on any atom is 0.243 e. The molecule has 0 unspecified atom stereocenters. The van der Waals surface area contributed by atoms with Crippen LogP contribution in [0.25, 0.3) is 0 Å². The number of benzene rings is 2. The Hall–Kier alpha value is -2.07. The first kappa shape index (κ1) is 23.6. The quantitative estimate of drug-likeness (QED) is 0.597. The van der Waals surface area contributed by atoms with Crippen molar-refractivity contribution in [3.05, 3.63) is 53.6 Å². The Labute approximate surface area is 191 Å². The molecule has 1 aliphatic rings. The lowest BCUT2D eigenvalue weighted by Gasteiger charge is -2.25. The monoisotopic (exact) mass is 481 g/mol. The van der Waals surface area contributed by atoms with Gasteiger partial charge in [-0.1, -0.05) is 18.0 Å². The third-order valence-corrected chi connectivity index (χ3v) is 7.78. The van der Waals surface area contributed by atoms with Crippen LogP contribution in [0.15, 0.2) is 53.4 Å². The molecule has 166 valence electrons. The second kappa shape index (κ2) is 11.0. The third kappa shape index (κ3) is 6.96. The number of rotatable bonds is 8. The number of carbonyl (C=O) groups is 2. The van der Waals surface area contributed by atoms with Gasteiger partial charge in [-0.25, -0.2) is 8.42 Å². The summed E-state index contributed by atoms with van der Waals surface area (Å²) in [5.41, 5.74) is 1.15. The molecule has 1 saturated heterocycles. The lowest BCUT2D eigenvalue weighted by molar-refractivity contribution is -0.114. The van der Waals surface area contributed by atoms with E-state index in [0.717, 1.165) is 19.3 Å². The molecule has 2 aromatic rings. The van der Waals surface area contributed by atoms with E-state index in [0.29, 0.717) is 29.5 Å². The van der Waals surface area contributed by atoms with Gasteiger partial charge in [-0.15, -0.1) is 11.8 Å². The number of amides is 2. The van der Waals surface area contributed by atoms with E-state index in [1.165, 1.54) is 28.2 Å². The summed E-state index contributed by atoms with van der Waals surface area (Å²) < 4.78 is 26.8. The second-order valence-electron chi connectivity index (χ2n) is 7.09. The van der Waals surface area contributed by atoms with Crippen molar-refractivity contribution in [3.8, 4) is 0 Å². The van der Waals surface area contributed by atoms with E-state index >= 15 is 0 Å². The van der Waals surface area contributed by atoms with Crippen LogP contribution in [0.3, 0.4) is 0 Å². The predicted octanol–water partition coefficient (Wildman–Crippen LogP) is 3.83. The normalized spacial score (nSPS) is 14.7. The zero-order chi connectivity index (χ0) is 22.3. The Balaban J connectivity index is 1.44. The van der Waals surface area contributed by atoms with Gasteiger partial charge in [0.15, 0.2) is 0 Å². The smallest absolute Gasteiger partial charge is 0.243 e. The molecule has 1 fully saturated rings. The van der Waals surface area contributed by atoms with E-state index in [1.54, 1.807) is 36.4 Å². The molecule has 31 heavy (non-hydrogen) atoms. The molecule has 0 aromatic heterocycles. The van der Waals surface area contributed by atoms with Crippen LogP contribution in [0.5, 0.6) is 0 Å². The summed E-state index contributed by atoms with van der Waals surface area (Å²) in [7, 11) is -3.49. The van der Waals surface area contributed by atoms with Gasteiger partial charge < -0.3 is 10.6 Å². The van der Waals surface area contributed by atoms with Gasteiger partial charge >= 0.3 is 0 Å². The van der Waals surface area contributed by atoms with Crippen LogP contribution in [0, 0.1) is 0 Å². The molecule has 0 aliphatic carbocycles. The van der Waals surface area contributed by atoms with Gasteiger partial charge in [-0.2, -0.15) is 4.31 Å². The first-order chi connectivity index (χ1) is 14.8. The largest absolute Gasteiger partial charge is 0.325 e. The SMILES string of the molecule is O=C(CSCC(=O)Nc1ccc(S(=O)(=O)N2CCCCC2)cc1)Nc1ccc(Cl)cc1. The summed E-state index contributed by atoms with van der Waals surface area (Å²) in [5, 5.41) is 6.03. The minimum atomic E-state index is -3.49. The molecule has 3 rings (SSSR count). The van der Waals surface area contributed by atoms with Crippen LogP contribution in [0.1, 0.15) is 19.3 Å². The number of anilines is 2. The number of sulfonamides is 1. The molecule has 1 aliphatic heterocycles. The number of hydrogen-bond acceptors (Lipinski definition) is 5. The van der Waals surface area contributed by atoms with Crippen molar-refractivity contribution in [1.82, 2.24) is 4.31 Å². The summed E-state index contributed by atoms with van der Waals surface area (Å²) in [4.78, 5) is 24.3. The Kier molecular flexibility index (Phi) is 8.36. The van der Waals surface area contributed by atoms with Gasteiger partial charge in [0, 0.05) is 29.5 Å². The highest BCUT2D eigenvalue weighted by atomic mass is 35.5. The number of nitrogens with one attached hydrogen (secondary N) is 2. The van der Waals surface area contributed by atoms with Crippen molar-refractivity contribution in [1.29, 1.82) is 0 Å². The zero-order valence-corrected chi connectivity index (χ0v) is 19.2. The lowest BCUT2D eigenvalue weighted by Crippen LogP contribution is -2.35. The molecule has 2 N–H and O–H groups in total. The number of halogens is 1. The Morgan fingerprint density at radius 1 is 0.839 bits per heavy atom. The van der Waals surface area contributed by atoms with Crippen molar-refractivity contribution in [2.75, 3.05) is 35.2 Å². The average molecular weight is 482 g/mol. The standard InChI is InChI=1S/C21H24ClN3O4S2/c22-16-4-6-17(7-5-16)23-20(26)14-30-15-21(27)24-18-8-10-19(11-9-18)31(28,29)25-12-2-1-3-13-25/h4-11H,1-3,12-15H2,(H,23,26)(H,24,27).